The van der Waals surface area contributed by atoms with Gasteiger partial charge in [-0.15, -0.1) is 0 Å². The van der Waals surface area contributed by atoms with Crippen LogP contribution >= 0.6 is 0 Å². The van der Waals surface area contributed by atoms with E-state index in [1.807, 2.05) is 0 Å². The first-order valence-corrected chi connectivity index (χ1v) is 6.84. The number of pyridine rings is 1. The maximum absolute atomic E-state index is 12.9. The van der Waals surface area contributed by atoms with Crippen LogP contribution in [-0.2, 0) is 11.2 Å². The molecule has 8 heteroatoms. The molecule has 1 amide bonds. The summed E-state index contributed by atoms with van der Waals surface area (Å²) in [6.45, 7) is 0.220. The lowest BCUT2D eigenvalue weighted by Crippen LogP contribution is -2.31. The fraction of sp³-hybridized carbons (Fsp3) is 0.200. The molecule has 0 spiro atoms. The average molecular weight is 318 g/mol. The van der Waals surface area contributed by atoms with Crippen LogP contribution in [-0.4, -0.2) is 22.4 Å². The number of primary amides is 1. The number of nitro groups is 1. The third-order valence-corrected chi connectivity index (χ3v) is 3.29. The molecule has 1 aromatic carbocycles. The Hall–Kier alpha value is -3.03. The first kappa shape index (κ1) is 16.3. The summed E-state index contributed by atoms with van der Waals surface area (Å²) in [5.41, 5.74) is 6.05. The Kier molecular flexibility index (Phi) is 5.19. The van der Waals surface area contributed by atoms with Gasteiger partial charge in [0.25, 0.3) is 5.69 Å². The van der Waals surface area contributed by atoms with Gasteiger partial charge >= 0.3 is 0 Å². The van der Waals surface area contributed by atoms with Gasteiger partial charge in [0, 0.05) is 12.6 Å². The molecule has 0 saturated carbocycles. The zero-order chi connectivity index (χ0) is 16.8. The van der Waals surface area contributed by atoms with Gasteiger partial charge in [-0.1, -0.05) is 12.1 Å². The number of nitrogens with two attached hydrogens (primary N) is 1. The molecule has 0 fully saturated rings. The quantitative estimate of drug-likeness (QED) is 0.598. The Labute approximate surface area is 131 Å². The third kappa shape index (κ3) is 4.73. The van der Waals surface area contributed by atoms with Gasteiger partial charge < -0.3 is 11.1 Å². The number of benzene rings is 1. The highest BCUT2D eigenvalue weighted by molar-refractivity contribution is 5.77. The van der Waals surface area contributed by atoms with E-state index in [4.69, 9.17) is 5.73 Å². The number of nitrogens with zero attached hydrogens (tertiary/aromatic N) is 2. The first-order valence-electron chi connectivity index (χ1n) is 6.84. The summed E-state index contributed by atoms with van der Waals surface area (Å²) in [5.74, 6) is -0.959. The SMILES string of the molecule is NC(=O)[C@H](CNc1ccc([N+](=O)[O-])cn1)Cc1ccc(F)cc1. The number of carbonyl (C=O) groups excluding carboxylic acids is 1. The molecule has 120 valence electrons. The molecule has 1 heterocycles. The molecule has 1 aromatic heterocycles. The molecule has 0 radical (unpaired) electrons. The van der Waals surface area contributed by atoms with E-state index in [0.717, 1.165) is 11.8 Å². The first-order chi connectivity index (χ1) is 11.0. The number of amides is 1. The Morgan fingerprint density at radius 1 is 1.30 bits per heavy atom. The van der Waals surface area contributed by atoms with Gasteiger partial charge in [-0.05, 0) is 30.2 Å². The minimum atomic E-state index is -0.544. The van der Waals surface area contributed by atoms with Crippen molar-refractivity contribution in [2.24, 2.45) is 11.7 Å². The zero-order valence-electron chi connectivity index (χ0n) is 12.1. The van der Waals surface area contributed by atoms with E-state index in [0.29, 0.717) is 12.2 Å². The number of halogens is 1. The summed E-state index contributed by atoms with van der Waals surface area (Å²) in [6, 6.07) is 8.59. The number of rotatable bonds is 7. The van der Waals surface area contributed by atoms with Gasteiger partial charge in [0.1, 0.15) is 17.8 Å². The summed E-state index contributed by atoms with van der Waals surface area (Å²) in [5, 5.41) is 13.5. The maximum atomic E-state index is 12.9. The minimum absolute atomic E-state index is 0.117. The van der Waals surface area contributed by atoms with Crippen LogP contribution in [0.25, 0.3) is 0 Å². The summed E-state index contributed by atoms with van der Waals surface area (Å²) >= 11 is 0. The van der Waals surface area contributed by atoms with Crippen molar-refractivity contribution in [1.29, 1.82) is 0 Å². The number of hydrogen-bond donors (Lipinski definition) is 2. The van der Waals surface area contributed by atoms with Crippen LogP contribution in [0.2, 0.25) is 0 Å². The number of hydrogen-bond acceptors (Lipinski definition) is 5. The zero-order valence-corrected chi connectivity index (χ0v) is 12.1. The molecule has 2 aromatic rings. The van der Waals surface area contributed by atoms with E-state index < -0.39 is 16.7 Å². The van der Waals surface area contributed by atoms with Crippen molar-refractivity contribution < 1.29 is 14.1 Å². The van der Waals surface area contributed by atoms with Crippen molar-refractivity contribution in [3.63, 3.8) is 0 Å². The largest absolute Gasteiger partial charge is 0.369 e. The van der Waals surface area contributed by atoms with Gasteiger partial charge in [0.15, 0.2) is 0 Å². The van der Waals surface area contributed by atoms with Crippen LogP contribution < -0.4 is 11.1 Å². The highest BCUT2D eigenvalue weighted by Gasteiger charge is 2.16. The molecule has 0 saturated heterocycles. The predicted molar refractivity (Wildman–Crippen MR) is 82.2 cm³/mol. The normalized spacial score (nSPS) is 11.7. The van der Waals surface area contributed by atoms with Crippen molar-refractivity contribution >= 4 is 17.4 Å². The molecule has 0 bridgehead atoms. The van der Waals surface area contributed by atoms with Crippen LogP contribution in [0.4, 0.5) is 15.9 Å². The monoisotopic (exact) mass is 318 g/mol. The molecule has 1 atom stereocenters. The molecule has 3 N–H and O–H groups in total. The van der Waals surface area contributed by atoms with Gasteiger partial charge in [-0.2, -0.15) is 0 Å². The minimum Gasteiger partial charge on any atom is -0.369 e. The van der Waals surface area contributed by atoms with E-state index >= 15 is 0 Å². The molecule has 23 heavy (non-hydrogen) atoms. The van der Waals surface area contributed by atoms with Gasteiger partial charge in [0.05, 0.1) is 10.8 Å². The summed E-state index contributed by atoms with van der Waals surface area (Å²) in [4.78, 5) is 25.4. The van der Waals surface area contributed by atoms with E-state index in [9.17, 15) is 19.3 Å². The molecule has 0 aliphatic carbocycles. The second-order valence-corrected chi connectivity index (χ2v) is 4.97. The van der Waals surface area contributed by atoms with E-state index in [1.165, 1.54) is 24.3 Å². The number of aromatic nitrogens is 1. The summed E-state index contributed by atoms with van der Waals surface area (Å²) in [6.07, 6.45) is 1.48. The molecular weight excluding hydrogens is 303 g/mol. The van der Waals surface area contributed by atoms with Crippen LogP contribution in [0.3, 0.4) is 0 Å². The molecule has 0 aliphatic heterocycles. The lowest BCUT2D eigenvalue weighted by atomic mass is 9.98. The number of carbonyl (C=O) groups is 1. The highest BCUT2D eigenvalue weighted by atomic mass is 19.1. The van der Waals surface area contributed by atoms with Gasteiger partial charge in [0.2, 0.25) is 5.91 Å². The third-order valence-electron chi connectivity index (χ3n) is 3.29. The summed E-state index contributed by atoms with van der Waals surface area (Å²) in [7, 11) is 0. The van der Waals surface area contributed by atoms with Crippen LogP contribution in [0.5, 0.6) is 0 Å². The van der Waals surface area contributed by atoms with E-state index in [2.05, 4.69) is 10.3 Å². The van der Waals surface area contributed by atoms with Crippen LogP contribution in [0, 0.1) is 21.8 Å². The van der Waals surface area contributed by atoms with Crippen molar-refractivity contribution in [2.75, 3.05) is 11.9 Å². The molecule has 0 aliphatic rings. The fourth-order valence-corrected chi connectivity index (χ4v) is 2.00. The predicted octanol–water partition coefficient (Wildman–Crippen LogP) is 1.88. The Bertz CT molecular complexity index is 689. The van der Waals surface area contributed by atoms with Gasteiger partial charge in [-0.3, -0.25) is 14.9 Å². The van der Waals surface area contributed by atoms with Crippen LogP contribution in [0.1, 0.15) is 5.56 Å². The highest BCUT2D eigenvalue weighted by Crippen LogP contribution is 2.14. The molecule has 7 nitrogen and oxygen atoms in total. The van der Waals surface area contributed by atoms with Crippen LogP contribution in [0.15, 0.2) is 42.6 Å². The molecular formula is C15H15FN4O3. The van der Waals surface area contributed by atoms with Crippen molar-refractivity contribution in [2.45, 2.75) is 6.42 Å². The molecule has 0 unspecified atom stereocenters. The Morgan fingerprint density at radius 3 is 2.52 bits per heavy atom. The topological polar surface area (TPSA) is 111 Å². The van der Waals surface area contributed by atoms with Crippen molar-refractivity contribution in [3.8, 4) is 0 Å². The van der Waals surface area contributed by atoms with E-state index in [-0.39, 0.29) is 18.0 Å². The smallest absolute Gasteiger partial charge is 0.287 e. The number of anilines is 1. The Balaban J connectivity index is 1.98. The van der Waals surface area contributed by atoms with E-state index in [1.54, 1.807) is 12.1 Å². The second-order valence-electron chi connectivity index (χ2n) is 4.97. The fourth-order valence-electron chi connectivity index (χ4n) is 2.00. The summed E-state index contributed by atoms with van der Waals surface area (Å²) < 4.78 is 12.9. The average Bonchev–Trinajstić information content (AvgIpc) is 2.53. The van der Waals surface area contributed by atoms with Crippen molar-refractivity contribution in [1.82, 2.24) is 4.98 Å². The second kappa shape index (κ2) is 7.30. The Morgan fingerprint density at radius 2 is 2.00 bits per heavy atom. The van der Waals surface area contributed by atoms with Crippen molar-refractivity contribution in [3.05, 3.63) is 64.1 Å². The van der Waals surface area contributed by atoms with Gasteiger partial charge in [-0.25, -0.2) is 9.37 Å². The maximum Gasteiger partial charge on any atom is 0.287 e. The standard InChI is InChI=1S/C15H15FN4O3/c16-12-3-1-10(2-4-12)7-11(15(17)21)8-18-14-6-5-13(9-19-14)20(22)23/h1-6,9,11H,7-8H2,(H2,17,21)(H,18,19)/t11-/m0/s1. The lowest BCUT2D eigenvalue weighted by molar-refractivity contribution is -0.385. The number of nitrogens with one attached hydrogen (secondary N) is 1. The lowest BCUT2D eigenvalue weighted by Gasteiger charge is -2.14. The molecule has 2 rings (SSSR count).